The Morgan fingerprint density at radius 2 is 2.08 bits per heavy atom. The number of alkyl halides is 4. The number of oxime groups is 1. The maximum atomic E-state index is 13.2. The lowest BCUT2D eigenvalue weighted by atomic mass is 10.2. The summed E-state index contributed by atoms with van der Waals surface area (Å²) < 4.78 is 40.6. The number of hydrogen-bond donors (Lipinski definition) is 0. The molecule has 0 spiro atoms. The van der Waals surface area contributed by atoms with Gasteiger partial charge >= 0.3 is 12.1 Å². The second-order valence-corrected chi connectivity index (χ2v) is 5.76. The summed E-state index contributed by atoms with van der Waals surface area (Å²) >= 11 is 6.32. The van der Waals surface area contributed by atoms with Crippen molar-refractivity contribution in [3.63, 3.8) is 0 Å². The van der Waals surface area contributed by atoms with Crippen molar-refractivity contribution in [3.05, 3.63) is 41.6 Å². The third-order valence-corrected chi connectivity index (χ3v) is 4.10. The second kappa shape index (κ2) is 7.71. The maximum Gasteiger partial charge on any atom is 0.435 e. The van der Waals surface area contributed by atoms with Crippen molar-refractivity contribution in [2.24, 2.45) is 12.2 Å². The van der Waals surface area contributed by atoms with Crippen LogP contribution >= 0.6 is 23.4 Å². The minimum absolute atomic E-state index is 0.208. The first kappa shape index (κ1) is 18.3. The van der Waals surface area contributed by atoms with Crippen molar-refractivity contribution in [3.8, 4) is 0 Å². The Balaban J connectivity index is 2.41. The van der Waals surface area contributed by atoms with Gasteiger partial charge in [-0.2, -0.15) is 18.3 Å². The summed E-state index contributed by atoms with van der Waals surface area (Å²) in [6.45, 7) is 0. The lowest BCUT2D eigenvalue weighted by molar-refractivity contribution is -0.141. The fourth-order valence-electron chi connectivity index (χ4n) is 1.73. The molecule has 0 saturated heterocycles. The molecule has 0 amide bonds. The first-order chi connectivity index (χ1) is 11.3. The Morgan fingerprint density at radius 1 is 1.42 bits per heavy atom. The molecule has 0 atom stereocenters. The number of halogens is 4. The predicted octanol–water partition coefficient (Wildman–Crippen LogP) is 3.71. The van der Waals surface area contributed by atoms with Crippen molar-refractivity contribution >= 4 is 35.5 Å². The number of aryl methyl sites for hydroxylation is 1. The summed E-state index contributed by atoms with van der Waals surface area (Å²) in [5, 5.41) is 6.99. The zero-order valence-corrected chi connectivity index (χ0v) is 13.8. The first-order valence-electron chi connectivity index (χ1n) is 6.49. The number of benzene rings is 1. The molecule has 10 heteroatoms. The molecule has 0 radical (unpaired) electrons. The highest BCUT2D eigenvalue weighted by molar-refractivity contribution is 7.99. The quantitative estimate of drug-likeness (QED) is 0.345. The van der Waals surface area contributed by atoms with Crippen LogP contribution < -0.4 is 0 Å². The van der Waals surface area contributed by atoms with Crippen LogP contribution in [0.25, 0.3) is 0 Å². The number of aromatic nitrogens is 2. The van der Waals surface area contributed by atoms with Gasteiger partial charge in [0.25, 0.3) is 0 Å². The van der Waals surface area contributed by atoms with Gasteiger partial charge in [-0.15, -0.1) is 11.6 Å². The van der Waals surface area contributed by atoms with Gasteiger partial charge in [-0.05, 0) is 12.1 Å². The highest BCUT2D eigenvalue weighted by atomic mass is 35.5. The van der Waals surface area contributed by atoms with Gasteiger partial charge in [0.15, 0.2) is 5.69 Å². The Morgan fingerprint density at radius 3 is 2.67 bits per heavy atom. The molecule has 1 aromatic carbocycles. The summed E-state index contributed by atoms with van der Waals surface area (Å²) in [5.41, 5.74) is -1.41. The van der Waals surface area contributed by atoms with Crippen molar-refractivity contribution < 1.29 is 22.8 Å². The number of nitrogens with zero attached hydrogens (tertiary/aromatic N) is 3. The van der Waals surface area contributed by atoms with Gasteiger partial charge in [0.2, 0.25) is 0 Å². The van der Waals surface area contributed by atoms with E-state index in [1.54, 1.807) is 30.3 Å². The van der Waals surface area contributed by atoms with E-state index in [1.165, 1.54) is 7.05 Å². The zero-order valence-electron chi connectivity index (χ0n) is 12.2. The molecule has 0 unspecified atom stereocenters. The smallest absolute Gasteiger partial charge is 0.317 e. The third kappa shape index (κ3) is 4.51. The molecule has 1 heterocycles. The molecule has 0 fully saturated rings. The fourth-order valence-corrected chi connectivity index (χ4v) is 2.73. The molecule has 2 rings (SSSR count). The van der Waals surface area contributed by atoms with E-state index in [1.807, 2.05) is 0 Å². The number of hydrogen-bond acceptors (Lipinski definition) is 5. The number of carbonyl (C=O) groups excluding carboxylic acids is 1. The first-order valence-corrected chi connectivity index (χ1v) is 7.84. The predicted molar refractivity (Wildman–Crippen MR) is 83.2 cm³/mol. The lowest BCUT2D eigenvalue weighted by Crippen LogP contribution is -2.09. The average Bonchev–Trinajstić information content (AvgIpc) is 2.85. The molecule has 1 aromatic heterocycles. The number of carbonyl (C=O) groups is 1. The van der Waals surface area contributed by atoms with Gasteiger partial charge in [0.05, 0.1) is 11.8 Å². The van der Waals surface area contributed by atoms with Crippen LogP contribution in [0, 0.1) is 0 Å². The minimum atomic E-state index is -4.68. The van der Waals surface area contributed by atoms with E-state index in [0.717, 1.165) is 27.6 Å². The zero-order chi connectivity index (χ0) is 17.7. The molecule has 0 aliphatic heterocycles. The van der Waals surface area contributed by atoms with Crippen LogP contribution in [0.4, 0.5) is 13.2 Å². The topological polar surface area (TPSA) is 56.5 Å². The van der Waals surface area contributed by atoms with Gasteiger partial charge in [0, 0.05) is 11.9 Å². The van der Waals surface area contributed by atoms with Crippen LogP contribution in [-0.2, 0) is 22.9 Å². The highest BCUT2D eigenvalue weighted by Crippen LogP contribution is 2.37. The van der Waals surface area contributed by atoms with Crippen molar-refractivity contribution in [2.45, 2.75) is 16.1 Å². The van der Waals surface area contributed by atoms with Crippen molar-refractivity contribution in [2.75, 3.05) is 5.88 Å². The molecule has 0 aliphatic rings. The molecular formula is C14H11ClF3N3O2S. The van der Waals surface area contributed by atoms with Crippen LogP contribution in [0.2, 0.25) is 0 Å². The summed E-state index contributed by atoms with van der Waals surface area (Å²) in [6, 6.07) is 8.82. The van der Waals surface area contributed by atoms with Crippen LogP contribution in [-0.4, -0.2) is 27.8 Å². The largest absolute Gasteiger partial charge is 0.435 e. The van der Waals surface area contributed by atoms with E-state index in [4.69, 9.17) is 11.6 Å². The molecule has 24 heavy (non-hydrogen) atoms. The van der Waals surface area contributed by atoms with E-state index in [-0.39, 0.29) is 10.6 Å². The van der Waals surface area contributed by atoms with E-state index in [9.17, 15) is 18.0 Å². The van der Waals surface area contributed by atoms with Crippen LogP contribution in [0.1, 0.15) is 11.3 Å². The Labute approximate surface area is 144 Å². The monoisotopic (exact) mass is 377 g/mol. The van der Waals surface area contributed by atoms with E-state index < -0.39 is 23.7 Å². The van der Waals surface area contributed by atoms with Gasteiger partial charge in [-0.3, -0.25) is 4.68 Å². The lowest BCUT2D eigenvalue weighted by Gasteiger charge is -2.05. The molecular weight excluding hydrogens is 367 g/mol. The summed E-state index contributed by atoms with van der Waals surface area (Å²) in [4.78, 5) is 16.0. The van der Waals surface area contributed by atoms with Crippen molar-refractivity contribution in [1.29, 1.82) is 0 Å². The molecule has 0 bridgehead atoms. The highest BCUT2D eigenvalue weighted by Gasteiger charge is 2.38. The average molecular weight is 378 g/mol. The summed E-state index contributed by atoms with van der Waals surface area (Å²) in [6.07, 6.45) is -3.86. The van der Waals surface area contributed by atoms with Gasteiger partial charge < -0.3 is 4.84 Å². The van der Waals surface area contributed by atoms with Gasteiger partial charge in [-0.1, -0.05) is 35.1 Å². The second-order valence-electron chi connectivity index (χ2n) is 4.44. The normalized spacial score (nSPS) is 11.9. The maximum absolute atomic E-state index is 13.2. The van der Waals surface area contributed by atoms with Crippen LogP contribution in [0.5, 0.6) is 0 Å². The molecule has 0 aliphatic carbocycles. The Hall–Kier alpha value is -2.00. The molecule has 5 nitrogen and oxygen atoms in total. The fraction of sp³-hybridized carbons (Fsp3) is 0.214. The third-order valence-electron chi connectivity index (χ3n) is 2.70. The summed E-state index contributed by atoms with van der Waals surface area (Å²) in [7, 11) is 1.39. The molecule has 128 valence electrons. The molecule has 2 aromatic rings. The molecule has 0 saturated carbocycles. The van der Waals surface area contributed by atoms with E-state index >= 15 is 0 Å². The van der Waals surface area contributed by atoms with Gasteiger partial charge in [0.1, 0.15) is 10.9 Å². The SMILES string of the molecule is Cn1nc(C(F)(F)F)c(/C=N\OC(=O)CCl)c1Sc1ccccc1. The Kier molecular flexibility index (Phi) is 5.89. The number of rotatable bonds is 5. The summed E-state index contributed by atoms with van der Waals surface area (Å²) in [5.74, 6) is -1.33. The van der Waals surface area contributed by atoms with E-state index in [2.05, 4.69) is 15.1 Å². The van der Waals surface area contributed by atoms with Crippen molar-refractivity contribution in [1.82, 2.24) is 9.78 Å². The van der Waals surface area contributed by atoms with Gasteiger partial charge in [-0.25, -0.2) is 4.79 Å². The minimum Gasteiger partial charge on any atom is -0.317 e. The standard InChI is InChI=1S/C14H11ClF3N3O2S/c1-21-13(24-9-5-3-2-4-6-9)10(8-19-23-11(22)7-15)12(20-21)14(16,17)18/h2-6,8H,7H2,1H3/b19-8-. The van der Waals surface area contributed by atoms with E-state index in [0.29, 0.717) is 0 Å². The molecule has 0 N–H and O–H groups in total. The van der Waals surface area contributed by atoms with Crippen LogP contribution in [0.3, 0.4) is 0 Å². The Bertz CT molecular complexity index is 748. The van der Waals surface area contributed by atoms with Crippen LogP contribution in [0.15, 0.2) is 45.4 Å².